The van der Waals surface area contributed by atoms with Crippen LogP contribution in [0, 0.1) is 5.92 Å². The average molecular weight is 1210 g/mol. The number of carbonyl (C=O) groups is 4. The maximum absolute atomic E-state index is 13.0. The largest absolute Gasteiger partial charge is 0.472 e. The van der Waals surface area contributed by atoms with Crippen LogP contribution in [-0.2, 0) is 65.4 Å². The summed E-state index contributed by atoms with van der Waals surface area (Å²) >= 11 is 0. The van der Waals surface area contributed by atoms with E-state index in [9.17, 15) is 43.2 Å². The molecule has 17 nitrogen and oxygen atoms in total. The predicted molar refractivity (Wildman–Crippen MR) is 326 cm³/mol. The number of unbranched alkanes of at least 4 members (excludes halogenated alkanes) is 35. The molecule has 3 N–H and O–H groups in total. The molecule has 5 atom stereocenters. The van der Waals surface area contributed by atoms with Crippen molar-refractivity contribution in [3.05, 3.63) is 0 Å². The van der Waals surface area contributed by atoms with Gasteiger partial charge in [0.25, 0.3) is 0 Å². The zero-order chi connectivity index (χ0) is 60.6. The molecule has 0 rings (SSSR count). The van der Waals surface area contributed by atoms with E-state index in [2.05, 4.69) is 34.6 Å². The van der Waals surface area contributed by atoms with E-state index in [1.54, 1.807) is 0 Å². The molecule has 19 heteroatoms. The number of aliphatic hydroxyl groups excluding tert-OH is 1. The fraction of sp³-hybridized carbons (Fsp3) is 0.937. The summed E-state index contributed by atoms with van der Waals surface area (Å²) in [4.78, 5) is 72.0. The lowest BCUT2D eigenvalue weighted by Gasteiger charge is -2.21. The monoisotopic (exact) mass is 1210 g/mol. The van der Waals surface area contributed by atoms with E-state index < -0.39 is 97.5 Å². The molecule has 0 heterocycles. The zero-order valence-corrected chi connectivity index (χ0v) is 54.4. The van der Waals surface area contributed by atoms with Crippen molar-refractivity contribution in [2.45, 2.75) is 335 Å². The van der Waals surface area contributed by atoms with Crippen molar-refractivity contribution in [1.82, 2.24) is 0 Å². The Morgan fingerprint density at radius 2 is 0.561 bits per heavy atom. The first-order valence-corrected chi connectivity index (χ1v) is 36.1. The molecule has 0 aliphatic heterocycles. The predicted octanol–water partition coefficient (Wildman–Crippen LogP) is 17.4. The first-order chi connectivity index (χ1) is 39.5. The van der Waals surface area contributed by atoms with E-state index in [1.165, 1.54) is 128 Å². The summed E-state index contributed by atoms with van der Waals surface area (Å²) in [5, 5.41) is 10.5. The van der Waals surface area contributed by atoms with Crippen LogP contribution < -0.4 is 0 Å². The Morgan fingerprint density at radius 3 is 0.829 bits per heavy atom. The molecule has 82 heavy (non-hydrogen) atoms. The van der Waals surface area contributed by atoms with Gasteiger partial charge in [0, 0.05) is 25.7 Å². The van der Waals surface area contributed by atoms with Gasteiger partial charge in [0.1, 0.15) is 19.3 Å². The van der Waals surface area contributed by atoms with Gasteiger partial charge in [0.2, 0.25) is 0 Å². The summed E-state index contributed by atoms with van der Waals surface area (Å²) in [5.74, 6) is -1.34. The Kier molecular flexibility index (Phi) is 55.5. The van der Waals surface area contributed by atoms with Gasteiger partial charge in [0.15, 0.2) is 12.2 Å². The van der Waals surface area contributed by atoms with Crippen LogP contribution in [0.5, 0.6) is 0 Å². The number of carbonyl (C=O) groups excluding carboxylic acids is 4. The molecule has 0 aliphatic rings. The van der Waals surface area contributed by atoms with E-state index in [1.807, 2.05) is 0 Å². The number of phosphoric acid groups is 2. The lowest BCUT2D eigenvalue weighted by atomic mass is 10.0. The van der Waals surface area contributed by atoms with Crippen LogP contribution in [0.3, 0.4) is 0 Å². The number of phosphoric ester groups is 2. The van der Waals surface area contributed by atoms with E-state index in [4.69, 9.17) is 37.0 Å². The first-order valence-electron chi connectivity index (χ1n) is 33.1. The molecule has 486 valence electrons. The topological polar surface area (TPSA) is 237 Å². The van der Waals surface area contributed by atoms with E-state index in [0.717, 1.165) is 109 Å². The molecule has 0 fully saturated rings. The maximum atomic E-state index is 13.0. The van der Waals surface area contributed by atoms with Crippen LogP contribution in [0.2, 0.25) is 0 Å². The molecular weight excluding hydrogens is 1090 g/mol. The molecule has 0 aromatic rings. The van der Waals surface area contributed by atoms with Crippen LogP contribution in [0.25, 0.3) is 0 Å². The minimum atomic E-state index is -4.94. The minimum Gasteiger partial charge on any atom is -0.462 e. The van der Waals surface area contributed by atoms with Crippen molar-refractivity contribution >= 4 is 39.5 Å². The Balaban J connectivity index is 5.15. The van der Waals surface area contributed by atoms with Crippen LogP contribution >= 0.6 is 15.6 Å². The van der Waals surface area contributed by atoms with Crippen LogP contribution in [0.1, 0.15) is 317 Å². The molecule has 0 aromatic heterocycles. The van der Waals surface area contributed by atoms with Crippen molar-refractivity contribution in [2.24, 2.45) is 5.92 Å². The Hall–Kier alpha value is -1.94. The molecule has 0 bridgehead atoms. The number of esters is 4. The number of aliphatic hydroxyl groups is 1. The maximum Gasteiger partial charge on any atom is 0.472 e. The van der Waals surface area contributed by atoms with Crippen LogP contribution in [-0.4, -0.2) is 96.7 Å². The molecular formula is C63H122O17P2. The van der Waals surface area contributed by atoms with Crippen LogP contribution in [0.4, 0.5) is 0 Å². The summed E-state index contributed by atoms with van der Waals surface area (Å²) in [6.07, 6.45) is 40.4. The van der Waals surface area contributed by atoms with Gasteiger partial charge in [-0.15, -0.1) is 0 Å². The standard InChI is InChI=1S/C63H122O17P2/c1-6-9-12-15-18-27-33-37-42-47-61(66)74-53-59(80-63(68)49-44-39-34-29-26-24-22-21-23-25-28-30-35-40-45-56(4)5)55-78-82(71,72)76-51-57(64)50-75-81(69,70)77-54-58(79-62(67)48-43-38-32-20-17-14-11-8-3)52-73-60(65)46-41-36-31-19-16-13-10-7-2/h56-59,64H,6-55H2,1-5H3,(H,69,70)(H,71,72)/t57-,58+,59+/m0/s1. The summed E-state index contributed by atoms with van der Waals surface area (Å²) in [6, 6.07) is 0. The second kappa shape index (κ2) is 56.8. The normalized spacial score (nSPS) is 14.3. The summed E-state index contributed by atoms with van der Waals surface area (Å²) in [7, 11) is -9.87. The number of hydrogen-bond donors (Lipinski definition) is 3. The van der Waals surface area contributed by atoms with Gasteiger partial charge in [-0.1, -0.05) is 266 Å². The number of ether oxygens (including phenoxy) is 4. The second-order valence-corrected chi connectivity index (χ2v) is 26.2. The molecule has 0 aromatic carbocycles. The quantitative estimate of drug-likeness (QED) is 0.0222. The molecule has 0 spiro atoms. The fourth-order valence-electron chi connectivity index (χ4n) is 9.41. The van der Waals surface area contributed by atoms with E-state index in [-0.39, 0.29) is 25.7 Å². The third-order valence-corrected chi connectivity index (χ3v) is 16.4. The highest BCUT2D eigenvalue weighted by molar-refractivity contribution is 7.47. The zero-order valence-electron chi connectivity index (χ0n) is 52.6. The van der Waals surface area contributed by atoms with Crippen molar-refractivity contribution in [1.29, 1.82) is 0 Å². The van der Waals surface area contributed by atoms with Gasteiger partial charge in [-0.3, -0.25) is 37.3 Å². The van der Waals surface area contributed by atoms with Crippen molar-refractivity contribution in [3.8, 4) is 0 Å². The highest BCUT2D eigenvalue weighted by Gasteiger charge is 2.30. The summed E-state index contributed by atoms with van der Waals surface area (Å²) in [5.41, 5.74) is 0. The van der Waals surface area contributed by atoms with Gasteiger partial charge in [0.05, 0.1) is 26.4 Å². The molecule has 0 saturated carbocycles. The minimum absolute atomic E-state index is 0.105. The Morgan fingerprint density at radius 1 is 0.329 bits per heavy atom. The SMILES string of the molecule is CCCCCCCCCCCC(=O)OC[C@H](COP(=O)(O)OC[C@@H](O)COP(=O)(O)OC[C@@H](COC(=O)CCCCCCCCCC)OC(=O)CCCCCCCCCC)OC(=O)CCCCCCCCCCCCCCCCC(C)C. The molecule has 2 unspecified atom stereocenters. The fourth-order valence-corrected chi connectivity index (χ4v) is 11.0. The third kappa shape index (κ3) is 57.2. The first kappa shape index (κ1) is 80.1. The van der Waals surface area contributed by atoms with E-state index in [0.29, 0.717) is 25.7 Å². The van der Waals surface area contributed by atoms with Crippen LogP contribution in [0.15, 0.2) is 0 Å². The van der Waals surface area contributed by atoms with Gasteiger partial charge in [-0.2, -0.15) is 0 Å². The molecule has 0 saturated heterocycles. The third-order valence-electron chi connectivity index (χ3n) is 14.5. The summed E-state index contributed by atoms with van der Waals surface area (Å²) in [6.45, 7) is 7.14. The molecule has 0 radical (unpaired) electrons. The van der Waals surface area contributed by atoms with Gasteiger partial charge >= 0.3 is 39.5 Å². The molecule has 0 aliphatic carbocycles. The van der Waals surface area contributed by atoms with Gasteiger partial charge in [-0.25, -0.2) is 9.13 Å². The highest BCUT2D eigenvalue weighted by atomic mass is 31.2. The van der Waals surface area contributed by atoms with Crippen molar-refractivity contribution in [3.63, 3.8) is 0 Å². The van der Waals surface area contributed by atoms with Crippen molar-refractivity contribution in [2.75, 3.05) is 39.6 Å². The smallest absolute Gasteiger partial charge is 0.462 e. The second-order valence-electron chi connectivity index (χ2n) is 23.3. The average Bonchev–Trinajstić information content (AvgIpc) is 3.44. The lowest BCUT2D eigenvalue weighted by molar-refractivity contribution is -0.161. The lowest BCUT2D eigenvalue weighted by Crippen LogP contribution is -2.30. The summed E-state index contributed by atoms with van der Waals surface area (Å²) < 4.78 is 67.8. The van der Waals surface area contributed by atoms with E-state index >= 15 is 0 Å². The van der Waals surface area contributed by atoms with Gasteiger partial charge in [-0.05, 0) is 31.6 Å². The Bertz CT molecular complexity index is 1600. The van der Waals surface area contributed by atoms with Gasteiger partial charge < -0.3 is 33.8 Å². The number of rotatable bonds is 63. The molecule has 0 amide bonds. The highest BCUT2D eigenvalue weighted by Crippen LogP contribution is 2.45. The van der Waals surface area contributed by atoms with Crippen molar-refractivity contribution < 1.29 is 80.2 Å². The Labute approximate surface area is 498 Å². The number of hydrogen-bond acceptors (Lipinski definition) is 15.